The lowest BCUT2D eigenvalue weighted by Crippen LogP contribution is -2.56. The Balaban J connectivity index is 1.72. The number of carbonyl (C=O) groups is 2. The standard InChI is InChI=1S/C24H42N2O3/c1-5-29-22(28)21-24(15-8-13-19(27)20(24)25-26-21)18-11-6-9-17(10-7-12-18)14-16-23(2,3)4/h17-18,20-21,25-26H,5-16H2,1-4H3. The lowest BCUT2D eigenvalue weighted by Gasteiger charge is -2.47. The van der Waals surface area contributed by atoms with Crippen LogP contribution in [0.25, 0.3) is 0 Å². The number of nitrogens with one attached hydrogen (secondary N) is 2. The van der Waals surface area contributed by atoms with Crippen molar-refractivity contribution in [3.05, 3.63) is 0 Å². The van der Waals surface area contributed by atoms with Crippen LogP contribution in [0.5, 0.6) is 0 Å². The highest BCUT2D eigenvalue weighted by Gasteiger charge is 2.60. The minimum absolute atomic E-state index is 0.192. The number of fused-ring (bicyclic) bond motifs is 1. The van der Waals surface area contributed by atoms with Crippen LogP contribution >= 0.6 is 0 Å². The zero-order valence-electron chi connectivity index (χ0n) is 19.0. The topological polar surface area (TPSA) is 67.4 Å². The summed E-state index contributed by atoms with van der Waals surface area (Å²) in [4.78, 5) is 25.6. The molecule has 3 unspecified atom stereocenters. The van der Waals surface area contributed by atoms with Crippen LogP contribution < -0.4 is 10.9 Å². The number of esters is 1. The first-order valence-electron chi connectivity index (χ1n) is 12.0. The average Bonchev–Trinajstić information content (AvgIpc) is 3.02. The van der Waals surface area contributed by atoms with E-state index in [1.807, 2.05) is 6.92 Å². The minimum atomic E-state index is -0.405. The molecule has 2 aliphatic carbocycles. The number of hydrogen-bond acceptors (Lipinski definition) is 5. The molecule has 0 amide bonds. The van der Waals surface area contributed by atoms with Crippen LogP contribution in [0.1, 0.15) is 98.3 Å². The van der Waals surface area contributed by atoms with Crippen molar-refractivity contribution in [2.45, 2.75) is 110 Å². The highest BCUT2D eigenvalue weighted by Crippen LogP contribution is 2.51. The Morgan fingerprint density at radius 3 is 2.41 bits per heavy atom. The molecule has 29 heavy (non-hydrogen) atoms. The van der Waals surface area contributed by atoms with Crippen molar-refractivity contribution in [1.82, 2.24) is 10.9 Å². The Kier molecular flexibility index (Phi) is 7.42. The van der Waals surface area contributed by atoms with Gasteiger partial charge in [0, 0.05) is 11.8 Å². The van der Waals surface area contributed by atoms with Crippen molar-refractivity contribution < 1.29 is 14.3 Å². The first-order chi connectivity index (χ1) is 13.8. The monoisotopic (exact) mass is 406 g/mol. The molecular weight excluding hydrogens is 364 g/mol. The molecule has 3 rings (SSSR count). The zero-order chi connectivity index (χ0) is 21.1. The van der Waals surface area contributed by atoms with Crippen LogP contribution in [0.4, 0.5) is 0 Å². The first kappa shape index (κ1) is 22.7. The van der Waals surface area contributed by atoms with E-state index in [2.05, 4.69) is 31.6 Å². The van der Waals surface area contributed by atoms with Crippen molar-refractivity contribution in [2.24, 2.45) is 22.7 Å². The van der Waals surface area contributed by atoms with Crippen LogP contribution in [0, 0.1) is 22.7 Å². The van der Waals surface area contributed by atoms with Gasteiger partial charge in [-0.2, -0.15) is 0 Å². The van der Waals surface area contributed by atoms with E-state index in [1.165, 1.54) is 38.5 Å². The number of ether oxygens (including phenoxy) is 1. The molecule has 3 aliphatic rings. The van der Waals surface area contributed by atoms with Gasteiger partial charge in [0.2, 0.25) is 0 Å². The Hall–Kier alpha value is -0.940. The summed E-state index contributed by atoms with van der Waals surface area (Å²) in [7, 11) is 0. The fraction of sp³-hybridized carbons (Fsp3) is 0.917. The van der Waals surface area contributed by atoms with E-state index >= 15 is 0 Å². The van der Waals surface area contributed by atoms with Crippen molar-refractivity contribution in [1.29, 1.82) is 0 Å². The van der Waals surface area contributed by atoms with Crippen molar-refractivity contribution in [3.63, 3.8) is 0 Å². The summed E-state index contributed by atoms with van der Waals surface area (Å²) in [6.07, 6.45) is 12.3. The van der Waals surface area contributed by atoms with Gasteiger partial charge in [0.15, 0.2) is 5.78 Å². The van der Waals surface area contributed by atoms with Gasteiger partial charge in [0.25, 0.3) is 0 Å². The van der Waals surface area contributed by atoms with Gasteiger partial charge in [-0.1, -0.05) is 46.5 Å². The summed E-state index contributed by atoms with van der Waals surface area (Å²) >= 11 is 0. The SMILES string of the molecule is CCOC(=O)C1NNC2C(=O)CCCC21C1CCCC(CCC(C)(C)C)CCC1. The lowest BCUT2D eigenvalue weighted by molar-refractivity contribution is -0.151. The predicted octanol–water partition coefficient (Wildman–Crippen LogP) is 4.55. The summed E-state index contributed by atoms with van der Waals surface area (Å²) in [5, 5.41) is 0. The molecule has 1 aliphatic heterocycles. The molecule has 0 bridgehead atoms. The smallest absolute Gasteiger partial charge is 0.325 e. The third-order valence-corrected chi connectivity index (χ3v) is 7.72. The molecule has 1 saturated heterocycles. The molecular formula is C24H42N2O3. The van der Waals surface area contributed by atoms with E-state index in [4.69, 9.17) is 4.74 Å². The maximum absolute atomic E-state index is 12.8. The summed E-state index contributed by atoms with van der Waals surface area (Å²) < 4.78 is 5.41. The van der Waals surface area contributed by atoms with Gasteiger partial charge < -0.3 is 4.74 Å². The molecule has 0 spiro atoms. The third kappa shape index (κ3) is 5.04. The lowest BCUT2D eigenvalue weighted by atomic mass is 9.57. The second-order valence-electron chi connectivity index (χ2n) is 10.9. The largest absolute Gasteiger partial charge is 0.465 e. The van der Waals surface area contributed by atoms with Gasteiger partial charge in [-0.3, -0.25) is 9.59 Å². The molecule has 1 heterocycles. The fourth-order valence-corrected chi connectivity index (χ4v) is 6.22. The van der Waals surface area contributed by atoms with Crippen LogP contribution in [-0.2, 0) is 14.3 Å². The number of Topliss-reactive ketones (excluding diaryl/α,β-unsaturated/α-hetero) is 1. The van der Waals surface area contributed by atoms with Crippen LogP contribution in [0.15, 0.2) is 0 Å². The van der Waals surface area contributed by atoms with Crippen molar-refractivity contribution in [2.75, 3.05) is 6.61 Å². The number of rotatable bonds is 5. The third-order valence-electron chi connectivity index (χ3n) is 7.72. The molecule has 3 fully saturated rings. The first-order valence-corrected chi connectivity index (χ1v) is 12.0. The molecule has 0 radical (unpaired) electrons. The maximum Gasteiger partial charge on any atom is 0.325 e. The van der Waals surface area contributed by atoms with E-state index in [0.717, 1.165) is 31.6 Å². The predicted molar refractivity (Wildman–Crippen MR) is 115 cm³/mol. The summed E-state index contributed by atoms with van der Waals surface area (Å²) in [6, 6.07) is -0.649. The van der Waals surface area contributed by atoms with E-state index in [0.29, 0.717) is 24.4 Å². The highest BCUT2D eigenvalue weighted by atomic mass is 16.5. The Labute approximate surface area is 177 Å². The zero-order valence-corrected chi connectivity index (χ0v) is 19.0. The molecule has 166 valence electrons. The summed E-state index contributed by atoms with van der Waals surface area (Å²) in [6.45, 7) is 9.23. The molecule has 2 saturated carbocycles. The van der Waals surface area contributed by atoms with Gasteiger partial charge in [0.1, 0.15) is 6.04 Å². The van der Waals surface area contributed by atoms with E-state index in [1.54, 1.807) is 0 Å². The molecule has 3 atom stereocenters. The van der Waals surface area contributed by atoms with Crippen molar-refractivity contribution >= 4 is 11.8 Å². The number of ketones is 1. The van der Waals surface area contributed by atoms with Crippen LogP contribution in [0.3, 0.4) is 0 Å². The number of hydrazine groups is 1. The minimum Gasteiger partial charge on any atom is -0.465 e. The van der Waals surface area contributed by atoms with E-state index in [9.17, 15) is 9.59 Å². The number of hydrogen-bond donors (Lipinski definition) is 2. The molecule has 0 aromatic heterocycles. The van der Waals surface area contributed by atoms with Gasteiger partial charge in [-0.05, 0) is 62.7 Å². The van der Waals surface area contributed by atoms with E-state index in [-0.39, 0.29) is 23.2 Å². The molecule has 2 N–H and O–H groups in total. The Morgan fingerprint density at radius 1 is 1.10 bits per heavy atom. The quantitative estimate of drug-likeness (QED) is 0.656. The maximum atomic E-state index is 12.8. The fourth-order valence-electron chi connectivity index (χ4n) is 6.22. The Bertz CT molecular complexity index is 575. The second-order valence-corrected chi connectivity index (χ2v) is 10.9. The second kappa shape index (κ2) is 9.47. The molecule has 0 aromatic carbocycles. The molecule has 5 nitrogen and oxygen atoms in total. The van der Waals surface area contributed by atoms with Gasteiger partial charge in [0.05, 0.1) is 12.6 Å². The molecule has 0 aromatic rings. The molecule has 5 heteroatoms. The van der Waals surface area contributed by atoms with Crippen molar-refractivity contribution in [3.8, 4) is 0 Å². The van der Waals surface area contributed by atoms with Gasteiger partial charge in [-0.25, -0.2) is 10.9 Å². The Morgan fingerprint density at radius 2 is 1.79 bits per heavy atom. The van der Waals surface area contributed by atoms with E-state index < -0.39 is 6.04 Å². The van der Waals surface area contributed by atoms with Gasteiger partial charge in [-0.15, -0.1) is 0 Å². The van der Waals surface area contributed by atoms with Gasteiger partial charge >= 0.3 is 5.97 Å². The summed E-state index contributed by atoms with van der Waals surface area (Å²) in [5.74, 6) is 1.30. The highest BCUT2D eigenvalue weighted by molar-refractivity contribution is 5.89. The summed E-state index contributed by atoms with van der Waals surface area (Å²) in [5.41, 5.74) is 6.50. The normalized spacial score (nSPS) is 36.2. The number of carbonyl (C=O) groups excluding carboxylic acids is 2. The van der Waals surface area contributed by atoms with Crippen LogP contribution in [0.2, 0.25) is 0 Å². The average molecular weight is 407 g/mol. The van der Waals surface area contributed by atoms with Crippen LogP contribution in [-0.4, -0.2) is 30.4 Å².